The summed E-state index contributed by atoms with van der Waals surface area (Å²) in [5.74, 6) is 0. The molecule has 0 aliphatic carbocycles. The van der Waals surface area contributed by atoms with Crippen molar-refractivity contribution in [2.45, 2.75) is 38.8 Å². The second kappa shape index (κ2) is 3.94. The second-order valence-electron chi connectivity index (χ2n) is 6.47. The lowest BCUT2D eigenvalue weighted by atomic mass is 9.87. The minimum Gasteiger partial charge on any atom is -0.299 e. The van der Waals surface area contributed by atoms with E-state index in [2.05, 4.69) is 81.5 Å². The molecule has 1 N–H and O–H groups in total. The summed E-state index contributed by atoms with van der Waals surface area (Å²) >= 11 is 0. The molecule has 1 aliphatic heterocycles. The molecule has 0 bridgehead atoms. The van der Waals surface area contributed by atoms with Gasteiger partial charge in [-0.05, 0) is 49.9 Å². The first-order valence-corrected chi connectivity index (χ1v) is 6.90. The van der Waals surface area contributed by atoms with Crippen molar-refractivity contribution in [1.29, 1.82) is 0 Å². The zero-order chi connectivity index (χ0) is 13.7. The van der Waals surface area contributed by atoms with Crippen LogP contribution in [0.1, 0.15) is 38.8 Å². The van der Waals surface area contributed by atoms with Crippen molar-refractivity contribution in [2.24, 2.45) is 0 Å². The average Bonchev–Trinajstić information content (AvgIpc) is 2.43. The zero-order valence-corrected chi connectivity index (χ0v) is 12.1. The van der Waals surface area contributed by atoms with Gasteiger partial charge in [0.15, 0.2) is 0 Å². The van der Waals surface area contributed by atoms with Gasteiger partial charge in [-0.3, -0.25) is 5.32 Å². The van der Waals surface area contributed by atoms with Crippen LogP contribution in [-0.2, 0) is 11.1 Å². The standard InChI is InChI=1S/C18H21N/c1-17(2)15-11-7-5-9-13(15)14-10-6-8-12-16(14)18(3,4)19-17/h5-12,19H,1-4H3. The summed E-state index contributed by atoms with van der Waals surface area (Å²) in [6.45, 7) is 9.05. The van der Waals surface area contributed by atoms with Crippen LogP contribution in [-0.4, -0.2) is 0 Å². The molecule has 0 unspecified atom stereocenters. The summed E-state index contributed by atoms with van der Waals surface area (Å²) < 4.78 is 0. The molecule has 2 aromatic carbocycles. The Bertz CT molecular complexity index is 568. The van der Waals surface area contributed by atoms with Gasteiger partial charge in [-0.2, -0.15) is 0 Å². The van der Waals surface area contributed by atoms with Crippen molar-refractivity contribution in [1.82, 2.24) is 5.32 Å². The fraction of sp³-hybridized carbons (Fsp3) is 0.333. The molecule has 0 radical (unpaired) electrons. The summed E-state index contributed by atoms with van der Waals surface area (Å²) in [5.41, 5.74) is 5.35. The summed E-state index contributed by atoms with van der Waals surface area (Å²) in [4.78, 5) is 0. The van der Waals surface area contributed by atoms with Crippen LogP contribution in [0.15, 0.2) is 48.5 Å². The van der Waals surface area contributed by atoms with Crippen LogP contribution in [0.5, 0.6) is 0 Å². The number of hydrogen-bond donors (Lipinski definition) is 1. The monoisotopic (exact) mass is 251 g/mol. The van der Waals surface area contributed by atoms with Gasteiger partial charge in [-0.25, -0.2) is 0 Å². The minimum absolute atomic E-state index is 0.0425. The molecule has 1 aliphatic rings. The van der Waals surface area contributed by atoms with Gasteiger partial charge in [0, 0.05) is 11.1 Å². The third kappa shape index (κ3) is 1.89. The topological polar surface area (TPSA) is 12.0 Å². The number of fused-ring (bicyclic) bond motifs is 3. The van der Waals surface area contributed by atoms with E-state index in [1.807, 2.05) is 0 Å². The van der Waals surface area contributed by atoms with Gasteiger partial charge in [0.2, 0.25) is 0 Å². The van der Waals surface area contributed by atoms with E-state index >= 15 is 0 Å². The third-order valence-electron chi connectivity index (χ3n) is 4.12. The Kier molecular flexibility index (Phi) is 2.58. The van der Waals surface area contributed by atoms with Crippen molar-refractivity contribution >= 4 is 0 Å². The molecule has 0 saturated heterocycles. The molecule has 0 amide bonds. The number of hydrogen-bond acceptors (Lipinski definition) is 1. The van der Waals surface area contributed by atoms with Gasteiger partial charge < -0.3 is 0 Å². The molecule has 0 saturated carbocycles. The van der Waals surface area contributed by atoms with Gasteiger partial charge in [-0.15, -0.1) is 0 Å². The van der Waals surface area contributed by atoms with E-state index in [1.54, 1.807) is 0 Å². The largest absolute Gasteiger partial charge is 0.299 e. The number of benzene rings is 2. The molecule has 0 atom stereocenters. The van der Waals surface area contributed by atoms with Gasteiger partial charge in [-0.1, -0.05) is 48.5 Å². The van der Waals surface area contributed by atoms with E-state index < -0.39 is 0 Å². The average molecular weight is 251 g/mol. The maximum Gasteiger partial charge on any atom is 0.0391 e. The first-order valence-electron chi connectivity index (χ1n) is 6.90. The maximum atomic E-state index is 3.81. The molecule has 0 spiro atoms. The molecule has 1 heteroatoms. The first kappa shape index (κ1) is 12.4. The zero-order valence-electron chi connectivity index (χ0n) is 12.1. The van der Waals surface area contributed by atoms with E-state index in [4.69, 9.17) is 0 Å². The van der Waals surface area contributed by atoms with Crippen LogP contribution in [0.4, 0.5) is 0 Å². The van der Waals surface area contributed by atoms with Gasteiger partial charge >= 0.3 is 0 Å². The van der Waals surface area contributed by atoms with Crippen molar-refractivity contribution in [2.75, 3.05) is 0 Å². The highest BCUT2D eigenvalue weighted by Gasteiger charge is 2.36. The molecule has 3 rings (SSSR count). The van der Waals surface area contributed by atoms with Gasteiger partial charge in [0.25, 0.3) is 0 Å². The van der Waals surface area contributed by atoms with E-state index in [0.29, 0.717) is 0 Å². The summed E-state index contributed by atoms with van der Waals surface area (Å²) in [6, 6.07) is 17.5. The van der Waals surface area contributed by atoms with Crippen molar-refractivity contribution in [3.8, 4) is 11.1 Å². The van der Waals surface area contributed by atoms with Crippen LogP contribution in [0.3, 0.4) is 0 Å². The maximum absolute atomic E-state index is 3.81. The van der Waals surface area contributed by atoms with Crippen LogP contribution < -0.4 is 5.32 Å². The van der Waals surface area contributed by atoms with Gasteiger partial charge in [0.1, 0.15) is 0 Å². The Morgan fingerprint density at radius 1 is 0.632 bits per heavy atom. The van der Waals surface area contributed by atoms with Gasteiger partial charge in [0.05, 0.1) is 0 Å². The normalized spacial score (nSPS) is 19.2. The lowest BCUT2D eigenvalue weighted by Gasteiger charge is -2.36. The summed E-state index contributed by atoms with van der Waals surface area (Å²) in [5, 5.41) is 3.81. The fourth-order valence-electron chi connectivity index (χ4n) is 3.44. The Labute approximate surface area is 115 Å². The third-order valence-corrected chi connectivity index (χ3v) is 4.12. The van der Waals surface area contributed by atoms with E-state index in [9.17, 15) is 0 Å². The summed E-state index contributed by atoms with van der Waals surface area (Å²) in [6.07, 6.45) is 0. The van der Waals surface area contributed by atoms with Crippen molar-refractivity contribution in [3.63, 3.8) is 0 Å². The number of nitrogens with one attached hydrogen (secondary N) is 1. The van der Waals surface area contributed by atoms with Crippen LogP contribution in [0.2, 0.25) is 0 Å². The van der Waals surface area contributed by atoms with Crippen molar-refractivity contribution in [3.05, 3.63) is 59.7 Å². The molecule has 98 valence electrons. The lowest BCUT2D eigenvalue weighted by molar-refractivity contribution is 0.276. The Hall–Kier alpha value is -1.60. The van der Waals surface area contributed by atoms with Crippen molar-refractivity contribution < 1.29 is 0 Å². The predicted octanol–water partition coefficient (Wildman–Crippen LogP) is 4.43. The highest BCUT2D eigenvalue weighted by molar-refractivity contribution is 5.74. The first-order chi connectivity index (χ1) is 8.92. The quantitative estimate of drug-likeness (QED) is 0.730. The van der Waals surface area contributed by atoms with Crippen LogP contribution >= 0.6 is 0 Å². The fourth-order valence-corrected chi connectivity index (χ4v) is 3.44. The molecule has 0 fully saturated rings. The number of rotatable bonds is 0. The van der Waals surface area contributed by atoms with E-state index in [-0.39, 0.29) is 11.1 Å². The molecule has 1 nitrogen and oxygen atoms in total. The van der Waals surface area contributed by atoms with Crippen LogP contribution in [0.25, 0.3) is 11.1 Å². The second-order valence-corrected chi connectivity index (χ2v) is 6.47. The molecule has 0 aromatic heterocycles. The molecular weight excluding hydrogens is 230 g/mol. The highest BCUT2D eigenvalue weighted by atomic mass is 15.0. The lowest BCUT2D eigenvalue weighted by Crippen LogP contribution is -2.47. The van der Waals surface area contributed by atoms with E-state index in [0.717, 1.165) is 0 Å². The SMILES string of the molecule is CC1(C)NC(C)(C)c2ccccc2-c2ccccc21. The summed E-state index contributed by atoms with van der Waals surface area (Å²) in [7, 11) is 0. The highest BCUT2D eigenvalue weighted by Crippen LogP contribution is 2.42. The Balaban J connectivity index is 2.38. The molecule has 2 aromatic rings. The predicted molar refractivity (Wildman–Crippen MR) is 81.1 cm³/mol. The Morgan fingerprint density at radius 3 is 1.42 bits per heavy atom. The minimum atomic E-state index is -0.0425. The van der Waals surface area contributed by atoms with E-state index in [1.165, 1.54) is 22.3 Å². The molecule has 1 heterocycles. The molecule has 19 heavy (non-hydrogen) atoms. The van der Waals surface area contributed by atoms with Crippen LogP contribution in [0, 0.1) is 0 Å². The smallest absolute Gasteiger partial charge is 0.0391 e. The molecular formula is C18H21N. The Morgan fingerprint density at radius 2 is 1.00 bits per heavy atom.